The van der Waals surface area contributed by atoms with E-state index in [2.05, 4.69) is 17.9 Å². The predicted molar refractivity (Wildman–Crippen MR) is 73.6 cm³/mol. The summed E-state index contributed by atoms with van der Waals surface area (Å²) in [6.45, 7) is 3.94. The minimum atomic E-state index is 0.217. The second-order valence-electron chi connectivity index (χ2n) is 5.11. The minimum absolute atomic E-state index is 0.217. The Labute approximate surface area is 107 Å². The van der Waals surface area contributed by atoms with Gasteiger partial charge in [0.25, 0.3) is 0 Å². The van der Waals surface area contributed by atoms with E-state index in [1.165, 1.54) is 0 Å². The molecule has 0 spiro atoms. The summed E-state index contributed by atoms with van der Waals surface area (Å²) >= 11 is 0. The first-order valence-corrected chi connectivity index (χ1v) is 6.37. The van der Waals surface area contributed by atoms with Crippen LogP contribution in [-0.2, 0) is 0 Å². The van der Waals surface area contributed by atoms with Gasteiger partial charge in [-0.2, -0.15) is 0 Å². The number of phenolic OH excluding ortho intramolecular Hbond substituents is 1. The first-order valence-electron chi connectivity index (χ1n) is 6.37. The molecule has 0 aliphatic carbocycles. The van der Waals surface area contributed by atoms with E-state index in [4.69, 9.17) is 5.73 Å². The number of aromatic hydroxyl groups is 1. The number of benzene rings is 2. The van der Waals surface area contributed by atoms with Gasteiger partial charge >= 0.3 is 0 Å². The number of rotatable bonds is 2. The van der Waals surface area contributed by atoms with Crippen molar-refractivity contribution in [1.29, 1.82) is 0 Å². The Hall–Kier alpha value is -1.58. The fraction of sp³-hybridized carbons (Fsp3) is 0.333. The largest absolute Gasteiger partial charge is 0.507 e. The number of hydrogen-bond donors (Lipinski definition) is 2. The van der Waals surface area contributed by atoms with E-state index in [0.717, 1.165) is 29.4 Å². The van der Waals surface area contributed by atoms with Gasteiger partial charge < -0.3 is 10.8 Å². The van der Waals surface area contributed by atoms with Crippen LogP contribution in [-0.4, -0.2) is 29.1 Å². The lowest BCUT2D eigenvalue weighted by Crippen LogP contribution is -2.56. The van der Waals surface area contributed by atoms with Gasteiger partial charge in [0.1, 0.15) is 5.75 Å². The number of nitrogens with two attached hydrogens (primary N) is 1. The highest BCUT2D eigenvalue weighted by Crippen LogP contribution is 2.36. The molecule has 2 aromatic rings. The summed E-state index contributed by atoms with van der Waals surface area (Å²) in [4.78, 5) is 2.29. The first-order chi connectivity index (χ1) is 8.66. The van der Waals surface area contributed by atoms with Crippen molar-refractivity contribution in [3.63, 3.8) is 0 Å². The molecular formula is C15H18N2O. The van der Waals surface area contributed by atoms with Gasteiger partial charge in [0.15, 0.2) is 0 Å². The second kappa shape index (κ2) is 4.26. The molecule has 1 atom stereocenters. The van der Waals surface area contributed by atoms with Crippen molar-refractivity contribution < 1.29 is 5.11 Å². The summed E-state index contributed by atoms with van der Waals surface area (Å²) in [5.41, 5.74) is 6.80. The number of fused-ring (bicyclic) bond motifs is 1. The summed E-state index contributed by atoms with van der Waals surface area (Å²) in [5.74, 6) is 0.404. The second-order valence-corrected chi connectivity index (χ2v) is 5.11. The molecule has 0 radical (unpaired) electrons. The lowest BCUT2D eigenvalue weighted by Gasteiger charge is -2.41. The molecule has 3 N–H and O–H groups in total. The molecule has 0 amide bonds. The highest BCUT2D eigenvalue weighted by Gasteiger charge is 2.29. The van der Waals surface area contributed by atoms with E-state index < -0.39 is 0 Å². The zero-order valence-electron chi connectivity index (χ0n) is 10.5. The van der Waals surface area contributed by atoms with Crippen LogP contribution in [0.5, 0.6) is 5.75 Å². The fourth-order valence-electron chi connectivity index (χ4n) is 2.67. The zero-order chi connectivity index (χ0) is 12.7. The van der Waals surface area contributed by atoms with Crippen molar-refractivity contribution in [1.82, 2.24) is 4.90 Å². The summed E-state index contributed by atoms with van der Waals surface area (Å²) in [6.07, 6.45) is 0. The molecule has 2 aromatic carbocycles. The number of likely N-dealkylation sites (tertiary alicyclic amines) is 1. The average molecular weight is 242 g/mol. The van der Waals surface area contributed by atoms with Crippen molar-refractivity contribution in [2.75, 3.05) is 13.1 Å². The van der Waals surface area contributed by atoms with Crippen LogP contribution in [0.4, 0.5) is 0 Å². The lowest BCUT2D eigenvalue weighted by atomic mass is 9.97. The minimum Gasteiger partial charge on any atom is -0.507 e. The number of phenols is 1. The highest BCUT2D eigenvalue weighted by atomic mass is 16.3. The van der Waals surface area contributed by atoms with Gasteiger partial charge in [-0.3, -0.25) is 4.90 Å². The van der Waals surface area contributed by atoms with E-state index in [-0.39, 0.29) is 12.1 Å². The van der Waals surface area contributed by atoms with Crippen LogP contribution >= 0.6 is 0 Å². The average Bonchev–Trinajstić information content (AvgIpc) is 2.35. The van der Waals surface area contributed by atoms with Gasteiger partial charge in [0, 0.05) is 36.1 Å². The molecule has 3 heteroatoms. The van der Waals surface area contributed by atoms with Crippen LogP contribution in [0.15, 0.2) is 36.4 Å². The van der Waals surface area contributed by atoms with Crippen molar-refractivity contribution in [3.8, 4) is 5.75 Å². The first kappa shape index (κ1) is 11.5. The molecule has 0 saturated carbocycles. The van der Waals surface area contributed by atoms with Crippen molar-refractivity contribution in [2.24, 2.45) is 5.73 Å². The molecule has 1 saturated heterocycles. The molecule has 94 valence electrons. The molecule has 1 aliphatic heterocycles. The Kier molecular flexibility index (Phi) is 2.73. The molecule has 1 unspecified atom stereocenters. The van der Waals surface area contributed by atoms with E-state index in [1.54, 1.807) is 0 Å². The van der Waals surface area contributed by atoms with Crippen LogP contribution in [0.3, 0.4) is 0 Å². The molecule has 1 aliphatic rings. The Morgan fingerprint density at radius 1 is 1.22 bits per heavy atom. The smallest absolute Gasteiger partial charge is 0.128 e. The van der Waals surface area contributed by atoms with E-state index >= 15 is 0 Å². The standard InChI is InChI=1S/C15H18N2O/c1-10(17-8-12(16)9-17)13-7-6-11-4-2-3-5-14(11)15(13)18/h2-7,10,12,18H,8-9,16H2,1H3. The maximum Gasteiger partial charge on any atom is 0.128 e. The lowest BCUT2D eigenvalue weighted by molar-refractivity contribution is 0.102. The van der Waals surface area contributed by atoms with Gasteiger partial charge in [0.05, 0.1) is 0 Å². The van der Waals surface area contributed by atoms with Gasteiger partial charge in [-0.05, 0) is 12.3 Å². The molecule has 3 nitrogen and oxygen atoms in total. The highest BCUT2D eigenvalue weighted by molar-refractivity contribution is 5.89. The number of nitrogens with zero attached hydrogens (tertiary/aromatic N) is 1. The maximum absolute atomic E-state index is 10.4. The summed E-state index contributed by atoms with van der Waals surface area (Å²) < 4.78 is 0. The predicted octanol–water partition coefficient (Wildman–Crippen LogP) is 2.25. The number of hydrogen-bond acceptors (Lipinski definition) is 3. The third kappa shape index (κ3) is 1.76. The SMILES string of the molecule is CC(c1ccc2ccccc2c1O)N1CC(N)C1. The topological polar surface area (TPSA) is 49.5 Å². The molecule has 1 fully saturated rings. The Morgan fingerprint density at radius 3 is 2.67 bits per heavy atom. The molecule has 0 bridgehead atoms. The van der Waals surface area contributed by atoms with Gasteiger partial charge in [-0.1, -0.05) is 36.4 Å². The monoisotopic (exact) mass is 242 g/mol. The summed E-state index contributed by atoms with van der Waals surface area (Å²) in [6, 6.07) is 12.5. The Balaban J connectivity index is 1.99. The molecule has 0 aromatic heterocycles. The molecule has 18 heavy (non-hydrogen) atoms. The van der Waals surface area contributed by atoms with E-state index in [0.29, 0.717) is 5.75 Å². The van der Waals surface area contributed by atoms with E-state index in [9.17, 15) is 5.11 Å². The van der Waals surface area contributed by atoms with Crippen molar-refractivity contribution >= 4 is 10.8 Å². The summed E-state index contributed by atoms with van der Waals surface area (Å²) in [7, 11) is 0. The van der Waals surface area contributed by atoms with Crippen LogP contribution in [0, 0.1) is 0 Å². The molecular weight excluding hydrogens is 224 g/mol. The fourth-order valence-corrected chi connectivity index (χ4v) is 2.67. The van der Waals surface area contributed by atoms with Crippen LogP contribution in [0.1, 0.15) is 18.5 Å². The quantitative estimate of drug-likeness (QED) is 0.849. The van der Waals surface area contributed by atoms with Crippen LogP contribution < -0.4 is 5.73 Å². The summed E-state index contributed by atoms with van der Waals surface area (Å²) in [5, 5.41) is 12.4. The zero-order valence-corrected chi connectivity index (χ0v) is 10.5. The Morgan fingerprint density at radius 2 is 1.94 bits per heavy atom. The third-order valence-electron chi connectivity index (χ3n) is 3.87. The van der Waals surface area contributed by atoms with Gasteiger partial charge in [-0.15, -0.1) is 0 Å². The van der Waals surface area contributed by atoms with Gasteiger partial charge in [-0.25, -0.2) is 0 Å². The normalized spacial score (nSPS) is 18.8. The van der Waals surface area contributed by atoms with Crippen molar-refractivity contribution in [2.45, 2.75) is 19.0 Å². The van der Waals surface area contributed by atoms with E-state index in [1.807, 2.05) is 30.3 Å². The van der Waals surface area contributed by atoms with Crippen molar-refractivity contribution in [3.05, 3.63) is 42.0 Å². The molecule has 3 rings (SSSR count). The Bertz CT molecular complexity index is 576. The third-order valence-corrected chi connectivity index (χ3v) is 3.87. The molecule has 1 heterocycles. The van der Waals surface area contributed by atoms with Crippen LogP contribution in [0.25, 0.3) is 10.8 Å². The van der Waals surface area contributed by atoms with Crippen LogP contribution in [0.2, 0.25) is 0 Å². The van der Waals surface area contributed by atoms with Gasteiger partial charge in [0.2, 0.25) is 0 Å². The maximum atomic E-state index is 10.4.